The average molecular weight is 214 g/mol. The van der Waals surface area contributed by atoms with E-state index in [4.69, 9.17) is 17.3 Å². The van der Waals surface area contributed by atoms with Crippen LogP contribution < -0.4 is 5.73 Å². The molecule has 3 heteroatoms. The molecule has 1 nitrogen and oxygen atoms in total. The first-order chi connectivity index (χ1) is 6.66. The molecule has 0 atom stereocenters. The highest BCUT2D eigenvalue weighted by molar-refractivity contribution is 6.17. The molecule has 1 aromatic rings. The Labute approximate surface area is 88.4 Å². The number of nitrogen functional groups attached to an aromatic ring is 1. The van der Waals surface area contributed by atoms with E-state index in [0.717, 1.165) is 6.42 Å². The number of benzene rings is 1. The molecule has 0 spiro atoms. The molecule has 2 N–H and O–H groups in total. The molecule has 0 aliphatic carbocycles. The van der Waals surface area contributed by atoms with Gasteiger partial charge in [0.25, 0.3) is 0 Å². The van der Waals surface area contributed by atoms with Gasteiger partial charge >= 0.3 is 0 Å². The van der Waals surface area contributed by atoms with Crippen molar-refractivity contribution in [3.63, 3.8) is 0 Å². The number of anilines is 1. The lowest BCUT2D eigenvalue weighted by Crippen LogP contribution is -1.94. The van der Waals surface area contributed by atoms with Gasteiger partial charge in [-0.25, -0.2) is 4.39 Å². The smallest absolute Gasteiger partial charge is 0.135 e. The SMILES string of the molecule is Cc1c(N)ccc(C=CCCCl)c1F. The highest BCUT2D eigenvalue weighted by Gasteiger charge is 2.04. The minimum absolute atomic E-state index is 0.254. The summed E-state index contributed by atoms with van der Waals surface area (Å²) >= 11 is 5.50. The third-order valence-electron chi connectivity index (χ3n) is 2.03. The van der Waals surface area contributed by atoms with Gasteiger partial charge in [0, 0.05) is 22.7 Å². The fourth-order valence-corrected chi connectivity index (χ4v) is 1.25. The molecule has 0 aliphatic heterocycles. The van der Waals surface area contributed by atoms with Crippen LogP contribution in [0.4, 0.5) is 10.1 Å². The Kier molecular flexibility index (Phi) is 3.96. The minimum Gasteiger partial charge on any atom is -0.398 e. The molecule has 0 heterocycles. The molecule has 0 radical (unpaired) electrons. The number of alkyl halides is 1. The normalized spacial score (nSPS) is 11.1. The van der Waals surface area contributed by atoms with Crippen molar-refractivity contribution in [1.29, 1.82) is 0 Å². The van der Waals surface area contributed by atoms with Crippen LogP contribution >= 0.6 is 11.6 Å². The Morgan fingerprint density at radius 3 is 2.86 bits per heavy atom. The molecular formula is C11H13ClFN. The van der Waals surface area contributed by atoms with E-state index in [1.807, 2.05) is 6.08 Å². The second-order valence-corrected chi connectivity index (χ2v) is 3.44. The average Bonchev–Trinajstić information content (AvgIpc) is 2.18. The van der Waals surface area contributed by atoms with Gasteiger partial charge in [-0.2, -0.15) is 0 Å². The van der Waals surface area contributed by atoms with Crippen LogP contribution in [0.25, 0.3) is 6.08 Å². The first-order valence-electron chi connectivity index (χ1n) is 4.44. The zero-order valence-electron chi connectivity index (χ0n) is 8.06. The lowest BCUT2D eigenvalue weighted by molar-refractivity contribution is 0.616. The molecule has 14 heavy (non-hydrogen) atoms. The van der Waals surface area contributed by atoms with Crippen LogP contribution in [-0.2, 0) is 0 Å². The summed E-state index contributed by atoms with van der Waals surface area (Å²) in [6.45, 7) is 1.67. The number of allylic oxidation sites excluding steroid dienone is 1. The fourth-order valence-electron chi connectivity index (χ4n) is 1.12. The molecule has 1 aromatic carbocycles. The third-order valence-corrected chi connectivity index (χ3v) is 2.25. The number of rotatable bonds is 3. The van der Waals surface area contributed by atoms with Crippen molar-refractivity contribution < 1.29 is 4.39 Å². The van der Waals surface area contributed by atoms with Crippen molar-refractivity contribution in [3.8, 4) is 0 Å². The van der Waals surface area contributed by atoms with Crippen molar-refractivity contribution in [2.45, 2.75) is 13.3 Å². The summed E-state index contributed by atoms with van der Waals surface area (Å²) in [5.41, 5.74) is 7.10. The predicted octanol–water partition coefficient (Wildman–Crippen LogP) is 3.36. The zero-order valence-corrected chi connectivity index (χ0v) is 8.81. The summed E-state index contributed by atoms with van der Waals surface area (Å²) in [5, 5.41) is 0. The monoisotopic (exact) mass is 213 g/mol. The predicted molar refractivity (Wildman–Crippen MR) is 59.9 cm³/mol. The van der Waals surface area contributed by atoms with Crippen LogP contribution in [0.2, 0.25) is 0 Å². The van der Waals surface area contributed by atoms with Gasteiger partial charge in [0.1, 0.15) is 5.82 Å². The van der Waals surface area contributed by atoms with Gasteiger partial charge in [-0.15, -0.1) is 11.6 Å². The molecule has 0 bridgehead atoms. The Morgan fingerprint density at radius 2 is 2.21 bits per heavy atom. The van der Waals surface area contributed by atoms with Crippen LogP contribution in [-0.4, -0.2) is 5.88 Å². The fraction of sp³-hybridized carbons (Fsp3) is 0.273. The van der Waals surface area contributed by atoms with E-state index < -0.39 is 0 Å². The van der Waals surface area contributed by atoms with Crippen molar-refractivity contribution in [2.75, 3.05) is 11.6 Å². The highest BCUT2D eigenvalue weighted by Crippen LogP contribution is 2.19. The molecule has 0 aliphatic rings. The topological polar surface area (TPSA) is 26.0 Å². The first-order valence-corrected chi connectivity index (χ1v) is 4.97. The maximum atomic E-state index is 13.5. The van der Waals surface area contributed by atoms with Crippen molar-refractivity contribution in [2.24, 2.45) is 0 Å². The van der Waals surface area contributed by atoms with Crippen LogP contribution in [0.3, 0.4) is 0 Å². The molecule has 0 saturated carbocycles. The van der Waals surface area contributed by atoms with Crippen LogP contribution in [0.1, 0.15) is 17.5 Å². The van der Waals surface area contributed by atoms with Gasteiger partial charge in [0.05, 0.1) is 0 Å². The van der Waals surface area contributed by atoms with E-state index in [1.165, 1.54) is 0 Å². The summed E-state index contributed by atoms with van der Waals surface area (Å²) in [7, 11) is 0. The minimum atomic E-state index is -0.254. The second-order valence-electron chi connectivity index (χ2n) is 3.06. The molecule has 0 amide bonds. The molecule has 0 fully saturated rings. The molecular weight excluding hydrogens is 201 g/mol. The summed E-state index contributed by atoms with van der Waals surface area (Å²) in [5.74, 6) is 0.294. The summed E-state index contributed by atoms with van der Waals surface area (Å²) < 4.78 is 13.5. The maximum Gasteiger partial charge on any atom is 0.135 e. The summed E-state index contributed by atoms with van der Waals surface area (Å²) in [6, 6.07) is 3.38. The van der Waals surface area contributed by atoms with E-state index in [2.05, 4.69) is 0 Å². The Balaban J connectivity index is 2.94. The molecule has 0 saturated heterocycles. The molecule has 76 valence electrons. The van der Waals surface area contributed by atoms with Gasteiger partial charge in [0.2, 0.25) is 0 Å². The van der Waals surface area contributed by atoms with Gasteiger partial charge in [-0.05, 0) is 25.5 Å². The van der Waals surface area contributed by atoms with E-state index in [0.29, 0.717) is 22.7 Å². The van der Waals surface area contributed by atoms with Crippen molar-refractivity contribution in [1.82, 2.24) is 0 Å². The van der Waals surface area contributed by atoms with Gasteiger partial charge < -0.3 is 5.73 Å². The summed E-state index contributed by atoms with van der Waals surface area (Å²) in [4.78, 5) is 0. The molecule has 0 unspecified atom stereocenters. The lowest BCUT2D eigenvalue weighted by Gasteiger charge is -2.03. The maximum absolute atomic E-state index is 13.5. The Morgan fingerprint density at radius 1 is 1.50 bits per heavy atom. The molecule has 0 aromatic heterocycles. The van der Waals surface area contributed by atoms with Crippen molar-refractivity contribution in [3.05, 3.63) is 35.2 Å². The van der Waals surface area contributed by atoms with Crippen molar-refractivity contribution >= 4 is 23.4 Å². The van der Waals surface area contributed by atoms with E-state index >= 15 is 0 Å². The largest absolute Gasteiger partial charge is 0.398 e. The zero-order chi connectivity index (χ0) is 10.6. The van der Waals surface area contributed by atoms with Crippen LogP contribution in [0, 0.1) is 12.7 Å². The second kappa shape index (κ2) is 5.01. The standard InChI is InChI=1S/C11H13ClFN/c1-8-10(14)6-5-9(11(8)13)4-2-3-7-12/h2,4-6H,3,7,14H2,1H3. The summed E-state index contributed by atoms with van der Waals surface area (Å²) in [6.07, 6.45) is 4.32. The Hall–Kier alpha value is -1.02. The first kappa shape index (κ1) is 11.1. The number of nitrogens with two attached hydrogens (primary N) is 1. The van der Waals surface area contributed by atoms with E-state index in [-0.39, 0.29) is 5.82 Å². The van der Waals surface area contributed by atoms with Gasteiger partial charge in [-0.3, -0.25) is 0 Å². The molecule has 1 rings (SSSR count). The highest BCUT2D eigenvalue weighted by atomic mass is 35.5. The van der Waals surface area contributed by atoms with Crippen LogP contribution in [0.5, 0.6) is 0 Å². The van der Waals surface area contributed by atoms with Gasteiger partial charge in [-0.1, -0.05) is 12.2 Å². The van der Waals surface area contributed by atoms with E-state index in [9.17, 15) is 4.39 Å². The quantitative estimate of drug-likeness (QED) is 0.605. The third kappa shape index (κ3) is 2.48. The van der Waals surface area contributed by atoms with Crippen LogP contribution in [0.15, 0.2) is 18.2 Å². The van der Waals surface area contributed by atoms with E-state index in [1.54, 1.807) is 25.1 Å². The number of halogens is 2. The van der Waals surface area contributed by atoms with Gasteiger partial charge in [0.15, 0.2) is 0 Å². The lowest BCUT2D eigenvalue weighted by atomic mass is 10.1. The number of hydrogen-bond donors (Lipinski definition) is 1. The Bertz CT molecular complexity index is 347. The number of hydrogen-bond acceptors (Lipinski definition) is 1.